The lowest BCUT2D eigenvalue weighted by Gasteiger charge is -2.08. The Labute approximate surface area is 134 Å². The fraction of sp³-hybridized carbons (Fsp3) is 0.200. The van der Waals surface area contributed by atoms with Gasteiger partial charge in [0, 0.05) is 10.6 Å². The number of carbonyl (C=O) groups excluding carboxylic acids is 1. The van der Waals surface area contributed by atoms with Crippen LogP contribution >= 0.6 is 11.8 Å². The first-order chi connectivity index (χ1) is 10.9. The normalized spacial score (nSPS) is 11.3. The van der Waals surface area contributed by atoms with Gasteiger partial charge in [-0.05, 0) is 30.3 Å². The molecule has 0 bridgehead atoms. The van der Waals surface area contributed by atoms with Crippen LogP contribution in [0.4, 0.5) is 19.0 Å². The molecule has 0 radical (unpaired) electrons. The molecule has 0 aliphatic heterocycles. The van der Waals surface area contributed by atoms with Crippen LogP contribution in [0.25, 0.3) is 0 Å². The monoisotopic (exact) mass is 343 g/mol. The summed E-state index contributed by atoms with van der Waals surface area (Å²) in [6, 6.07) is 8.14. The number of pyridine rings is 1. The zero-order valence-corrected chi connectivity index (χ0v) is 12.7. The van der Waals surface area contributed by atoms with Crippen LogP contribution in [0.2, 0.25) is 0 Å². The van der Waals surface area contributed by atoms with E-state index in [1.54, 1.807) is 18.3 Å². The molecule has 0 aliphatic carbocycles. The Kier molecular flexibility index (Phi) is 5.49. The van der Waals surface area contributed by atoms with Crippen molar-refractivity contribution in [3.8, 4) is 0 Å². The molecule has 1 heterocycles. The third kappa shape index (κ3) is 4.88. The van der Waals surface area contributed by atoms with Crippen LogP contribution in [0.1, 0.15) is 15.9 Å². The van der Waals surface area contributed by atoms with Gasteiger partial charge in [-0.15, -0.1) is 11.8 Å². The molecule has 0 amide bonds. The van der Waals surface area contributed by atoms with Gasteiger partial charge in [-0.1, -0.05) is 6.07 Å². The van der Waals surface area contributed by atoms with E-state index in [9.17, 15) is 18.0 Å². The second-order valence-corrected chi connectivity index (χ2v) is 5.68. The third-order valence-electron chi connectivity index (χ3n) is 2.85. The Hall–Kier alpha value is -2.22. The van der Waals surface area contributed by atoms with Gasteiger partial charge in [-0.25, -0.2) is 9.78 Å². The Morgan fingerprint density at radius 1 is 1.26 bits per heavy atom. The zero-order chi connectivity index (χ0) is 16.9. The number of ether oxygens (including phenoxy) is 1. The maximum absolute atomic E-state index is 12.6. The summed E-state index contributed by atoms with van der Waals surface area (Å²) in [5.74, 6) is -0.0456. The van der Waals surface area contributed by atoms with Crippen LogP contribution < -0.4 is 10.7 Å². The van der Waals surface area contributed by atoms with E-state index in [0.717, 1.165) is 12.1 Å². The average molecular weight is 343 g/mol. The first kappa shape index (κ1) is 17.1. The Bertz CT molecular complexity index is 692. The fourth-order valence-corrected chi connectivity index (χ4v) is 2.55. The van der Waals surface area contributed by atoms with Crippen LogP contribution in [0.3, 0.4) is 0 Å². The van der Waals surface area contributed by atoms with E-state index in [4.69, 9.17) is 10.5 Å². The summed E-state index contributed by atoms with van der Waals surface area (Å²) in [4.78, 5) is 14.9. The number of halogens is 3. The molecule has 0 aliphatic rings. The number of hydrogen-bond donors (Lipinski definition) is 1. The number of alkyl halides is 3. The van der Waals surface area contributed by atoms with Crippen molar-refractivity contribution in [2.45, 2.75) is 11.1 Å². The minimum atomic E-state index is -4.37. The smallest absolute Gasteiger partial charge is 0.416 e. The lowest BCUT2D eigenvalue weighted by Crippen LogP contribution is -2.17. The lowest BCUT2D eigenvalue weighted by molar-refractivity contribution is -0.360. The summed E-state index contributed by atoms with van der Waals surface area (Å²) < 4.78 is 42.8. The van der Waals surface area contributed by atoms with Crippen LogP contribution in [-0.4, -0.2) is 18.3 Å². The third-order valence-corrected chi connectivity index (χ3v) is 3.81. The minimum absolute atomic E-state index is 0.0636. The molecule has 0 fully saturated rings. The summed E-state index contributed by atoms with van der Waals surface area (Å²) in [6.07, 6.45) is -2.79. The van der Waals surface area contributed by atoms with Crippen molar-refractivity contribution in [1.82, 2.24) is 0 Å². The van der Waals surface area contributed by atoms with Crippen molar-refractivity contribution in [2.75, 3.05) is 18.1 Å². The maximum Gasteiger partial charge on any atom is 0.416 e. The van der Waals surface area contributed by atoms with Crippen LogP contribution in [0.5, 0.6) is 0 Å². The topological polar surface area (TPSA) is 66.5 Å². The summed E-state index contributed by atoms with van der Waals surface area (Å²) in [5.41, 5.74) is 5.12. The fourth-order valence-electron chi connectivity index (χ4n) is 1.76. The number of esters is 1. The number of H-pyrrole nitrogens is 1. The molecule has 8 heteroatoms. The van der Waals surface area contributed by atoms with E-state index in [0.29, 0.717) is 10.6 Å². The predicted molar refractivity (Wildman–Crippen MR) is 79.9 cm³/mol. The quantitative estimate of drug-likeness (QED) is 0.515. The molecule has 0 unspecified atom stereocenters. The molecule has 4 nitrogen and oxygen atoms in total. The molecule has 3 N–H and O–H groups in total. The van der Waals surface area contributed by atoms with Gasteiger partial charge in [0.1, 0.15) is 12.2 Å². The molecule has 23 heavy (non-hydrogen) atoms. The van der Waals surface area contributed by atoms with Crippen molar-refractivity contribution in [1.29, 1.82) is 0 Å². The van der Waals surface area contributed by atoms with Crippen molar-refractivity contribution in [3.05, 3.63) is 53.7 Å². The van der Waals surface area contributed by atoms with Gasteiger partial charge >= 0.3 is 12.1 Å². The molecule has 1 aromatic heterocycles. The number of aromatic nitrogens is 1. The summed E-state index contributed by atoms with van der Waals surface area (Å²) in [7, 11) is 0. The van der Waals surface area contributed by atoms with Gasteiger partial charge < -0.3 is 4.74 Å². The van der Waals surface area contributed by atoms with Crippen molar-refractivity contribution >= 4 is 23.5 Å². The number of hydrogen-bond acceptors (Lipinski definition) is 4. The highest BCUT2D eigenvalue weighted by Crippen LogP contribution is 2.31. The lowest BCUT2D eigenvalue weighted by atomic mass is 10.2. The van der Waals surface area contributed by atoms with Gasteiger partial charge in [0.05, 0.1) is 11.8 Å². The highest BCUT2D eigenvalue weighted by molar-refractivity contribution is 7.99. The SMILES string of the molecule is Nc1[nH+]cccc1C(=O)OCCSc1cccc(C(F)(F)F)c1. The summed E-state index contributed by atoms with van der Waals surface area (Å²) >= 11 is 1.18. The Balaban J connectivity index is 1.84. The van der Waals surface area contributed by atoms with Crippen molar-refractivity contribution in [2.24, 2.45) is 0 Å². The minimum Gasteiger partial charge on any atom is -0.461 e. The van der Waals surface area contributed by atoms with E-state index in [1.807, 2.05) is 0 Å². The largest absolute Gasteiger partial charge is 0.461 e. The summed E-state index contributed by atoms with van der Waals surface area (Å²) in [6.45, 7) is 0.0636. The molecular formula is C15H14F3N2O2S+. The molecule has 0 atom stereocenters. The average Bonchev–Trinajstić information content (AvgIpc) is 2.51. The summed E-state index contributed by atoms with van der Waals surface area (Å²) in [5, 5.41) is 0. The number of carbonyl (C=O) groups is 1. The number of nitrogen functional groups attached to an aromatic ring is 1. The van der Waals surface area contributed by atoms with E-state index < -0.39 is 17.7 Å². The molecule has 0 spiro atoms. The van der Waals surface area contributed by atoms with E-state index >= 15 is 0 Å². The van der Waals surface area contributed by atoms with E-state index in [-0.39, 0.29) is 18.0 Å². The van der Waals surface area contributed by atoms with Crippen LogP contribution in [0.15, 0.2) is 47.5 Å². The van der Waals surface area contributed by atoms with E-state index in [1.165, 1.54) is 23.9 Å². The Morgan fingerprint density at radius 3 is 2.74 bits per heavy atom. The number of rotatable bonds is 5. The van der Waals surface area contributed by atoms with Crippen molar-refractivity contribution in [3.63, 3.8) is 0 Å². The maximum atomic E-state index is 12.6. The molecular weight excluding hydrogens is 329 g/mol. The van der Waals surface area contributed by atoms with E-state index in [2.05, 4.69) is 4.98 Å². The number of thioether (sulfide) groups is 1. The highest BCUT2D eigenvalue weighted by Gasteiger charge is 2.30. The van der Waals surface area contributed by atoms with Gasteiger partial charge in [0.25, 0.3) is 5.82 Å². The molecule has 122 valence electrons. The highest BCUT2D eigenvalue weighted by atomic mass is 32.2. The number of nitrogens with two attached hydrogens (primary N) is 1. The molecule has 1 aromatic carbocycles. The Morgan fingerprint density at radius 2 is 2.04 bits per heavy atom. The predicted octanol–water partition coefficient (Wildman–Crippen LogP) is 3.05. The first-order valence-corrected chi connectivity index (χ1v) is 7.60. The van der Waals surface area contributed by atoms with Gasteiger partial charge in [0.15, 0.2) is 0 Å². The second-order valence-electron chi connectivity index (χ2n) is 4.51. The second kappa shape index (κ2) is 7.36. The first-order valence-electron chi connectivity index (χ1n) is 6.61. The van der Waals surface area contributed by atoms with Gasteiger partial charge in [-0.2, -0.15) is 13.2 Å². The van der Waals surface area contributed by atoms with Gasteiger partial charge in [-0.3, -0.25) is 5.73 Å². The van der Waals surface area contributed by atoms with Crippen LogP contribution in [0, 0.1) is 0 Å². The van der Waals surface area contributed by atoms with Gasteiger partial charge in [0.2, 0.25) is 0 Å². The van der Waals surface area contributed by atoms with Crippen molar-refractivity contribution < 1.29 is 27.7 Å². The molecule has 0 saturated carbocycles. The number of aromatic amines is 1. The van der Waals surface area contributed by atoms with Crippen LogP contribution in [-0.2, 0) is 10.9 Å². The number of nitrogens with one attached hydrogen (secondary N) is 1. The molecule has 0 saturated heterocycles. The molecule has 2 aromatic rings. The molecule has 2 rings (SSSR count). The number of anilines is 1. The zero-order valence-electron chi connectivity index (χ0n) is 11.9. The number of benzene rings is 1. The standard InChI is InChI=1S/C15H13F3N2O2S/c16-15(17,18)10-3-1-4-11(9-10)23-8-7-22-14(21)12-5-2-6-20-13(12)19/h1-6,9H,7-8H2,(H2,19,20)/p+1.